The summed E-state index contributed by atoms with van der Waals surface area (Å²) in [5.41, 5.74) is 1.20. The first-order chi connectivity index (χ1) is 13.0. The third kappa shape index (κ3) is 7.74. The second-order valence-electron chi connectivity index (χ2n) is 6.65. The van der Waals surface area contributed by atoms with E-state index >= 15 is 0 Å². The minimum Gasteiger partial charge on any atom is -0.396 e. The van der Waals surface area contributed by atoms with Crippen LogP contribution in [0.3, 0.4) is 0 Å². The highest BCUT2D eigenvalue weighted by molar-refractivity contribution is 7.89. The number of hydrogen-bond donors (Lipinski definition) is 2. The molecule has 148 valence electrons. The van der Waals surface area contributed by atoms with Crippen molar-refractivity contribution in [3.63, 3.8) is 0 Å². The van der Waals surface area contributed by atoms with Crippen molar-refractivity contribution in [1.82, 2.24) is 9.71 Å². The van der Waals surface area contributed by atoms with E-state index in [9.17, 15) is 17.9 Å². The first-order valence-corrected chi connectivity index (χ1v) is 10.7. The van der Waals surface area contributed by atoms with E-state index < -0.39 is 15.8 Å². The number of benzene rings is 1. The minimum absolute atomic E-state index is 0.0625. The molecule has 7 heteroatoms. The third-order valence-corrected chi connectivity index (χ3v) is 5.99. The van der Waals surface area contributed by atoms with Crippen molar-refractivity contribution in [2.75, 3.05) is 13.2 Å². The Morgan fingerprint density at radius 2 is 1.81 bits per heavy atom. The molecule has 2 aromatic rings. The van der Waals surface area contributed by atoms with Crippen LogP contribution in [0.2, 0.25) is 0 Å². The monoisotopic (exact) mass is 394 g/mol. The lowest BCUT2D eigenvalue weighted by atomic mass is 9.95. The highest BCUT2D eigenvalue weighted by atomic mass is 32.2. The van der Waals surface area contributed by atoms with Crippen LogP contribution in [0.25, 0.3) is 0 Å². The van der Waals surface area contributed by atoms with Crippen LogP contribution < -0.4 is 4.72 Å². The average Bonchev–Trinajstić information content (AvgIpc) is 2.67. The van der Waals surface area contributed by atoms with E-state index in [0.29, 0.717) is 13.0 Å². The summed E-state index contributed by atoms with van der Waals surface area (Å²) in [6.07, 6.45) is 8.89. The molecule has 0 amide bonds. The molecule has 0 aliphatic heterocycles. The molecular formula is C20H27FN2O3S. The van der Waals surface area contributed by atoms with Gasteiger partial charge in [-0.2, -0.15) is 0 Å². The van der Waals surface area contributed by atoms with E-state index in [-0.39, 0.29) is 17.4 Å². The van der Waals surface area contributed by atoms with E-state index in [1.165, 1.54) is 17.7 Å². The Morgan fingerprint density at radius 3 is 2.48 bits per heavy atom. The molecule has 0 aliphatic rings. The zero-order chi connectivity index (χ0) is 19.5. The quantitative estimate of drug-likeness (QED) is 0.542. The van der Waals surface area contributed by atoms with E-state index in [1.807, 2.05) is 18.3 Å². The number of hydrogen-bond acceptors (Lipinski definition) is 4. The molecule has 1 aromatic carbocycles. The highest BCUT2D eigenvalue weighted by Crippen LogP contribution is 2.16. The molecular weight excluding hydrogens is 367 g/mol. The second kappa shape index (κ2) is 11.1. The fourth-order valence-electron chi connectivity index (χ4n) is 2.93. The Labute approximate surface area is 160 Å². The van der Waals surface area contributed by atoms with Crippen LogP contribution in [0.5, 0.6) is 0 Å². The Hall–Kier alpha value is -1.83. The molecule has 2 rings (SSSR count). The van der Waals surface area contributed by atoms with E-state index in [0.717, 1.165) is 44.2 Å². The maximum absolute atomic E-state index is 12.9. The zero-order valence-corrected chi connectivity index (χ0v) is 16.2. The summed E-state index contributed by atoms with van der Waals surface area (Å²) in [6.45, 7) is 0.474. The van der Waals surface area contributed by atoms with Gasteiger partial charge < -0.3 is 5.11 Å². The standard InChI is InChI=1S/C20H27FN2O3S/c21-19-9-11-20(12-10-19)27(25,26)23-14-2-1-5-18(16-24)7-3-6-17-8-4-13-22-15-17/h4,8-13,15,18,23-24H,1-3,5-7,14,16H2. The van der Waals surface area contributed by atoms with Gasteiger partial charge in [0.05, 0.1) is 4.90 Å². The summed E-state index contributed by atoms with van der Waals surface area (Å²) in [7, 11) is -3.60. The van der Waals surface area contributed by atoms with Gasteiger partial charge in [-0.1, -0.05) is 12.5 Å². The first kappa shape index (κ1) is 21.5. The number of aliphatic hydroxyl groups is 1. The molecule has 0 spiro atoms. The third-order valence-electron chi connectivity index (χ3n) is 4.51. The highest BCUT2D eigenvalue weighted by Gasteiger charge is 2.13. The lowest BCUT2D eigenvalue weighted by molar-refractivity contribution is 0.205. The van der Waals surface area contributed by atoms with Crippen LogP contribution in [-0.4, -0.2) is 31.7 Å². The van der Waals surface area contributed by atoms with Crippen LogP contribution in [-0.2, 0) is 16.4 Å². The number of aryl methyl sites for hydroxylation is 1. The molecule has 1 atom stereocenters. The second-order valence-corrected chi connectivity index (χ2v) is 8.42. The van der Waals surface area contributed by atoms with Gasteiger partial charge in [-0.05, 0) is 73.9 Å². The molecule has 27 heavy (non-hydrogen) atoms. The van der Waals surface area contributed by atoms with Gasteiger partial charge in [0.1, 0.15) is 5.82 Å². The van der Waals surface area contributed by atoms with Gasteiger partial charge in [-0.3, -0.25) is 4.98 Å². The van der Waals surface area contributed by atoms with Crippen LogP contribution in [0.1, 0.15) is 37.7 Å². The molecule has 1 aromatic heterocycles. The molecule has 0 aliphatic carbocycles. The molecule has 0 bridgehead atoms. The summed E-state index contributed by atoms with van der Waals surface area (Å²) in [4.78, 5) is 4.16. The van der Waals surface area contributed by atoms with Crippen LogP contribution in [0, 0.1) is 11.7 Å². The fourth-order valence-corrected chi connectivity index (χ4v) is 4.00. The molecule has 1 heterocycles. The zero-order valence-electron chi connectivity index (χ0n) is 15.4. The maximum Gasteiger partial charge on any atom is 0.240 e. The number of rotatable bonds is 12. The van der Waals surface area contributed by atoms with E-state index in [2.05, 4.69) is 9.71 Å². The summed E-state index contributed by atoms with van der Waals surface area (Å²) in [6, 6.07) is 8.74. The Morgan fingerprint density at radius 1 is 1.07 bits per heavy atom. The summed E-state index contributed by atoms with van der Waals surface area (Å²) in [5.74, 6) is -0.233. The fraction of sp³-hybridized carbons (Fsp3) is 0.450. The van der Waals surface area contributed by atoms with Gasteiger partial charge in [-0.15, -0.1) is 0 Å². The van der Waals surface area contributed by atoms with Crippen LogP contribution in [0.15, 0.2) is 53.7 Å². The molecule has 5 nitrogen and oxygen atoms in total. The van der Waals surface area contributed by atoms with Gasteiger partial charge >= 0.3 is 0 Å². The number of pyridine rings is 1. The Bertz CT molecular complexity index is 768. The maximum atomic E-state index is 12.9. The lowest BCUT2D eigenvalue weighted by Gasteiger charge is -2.14. The minimum atomic E-state index is -3.60. The molecule has 2 N–H and O–H groups in total. The average molecular weight is 395 g/mol. The normalized spacial score (nSPS) is 12.8. The SMILES string of the molecule is O=S(=O)(NCCCCC(CO)CCCc1cccnc1)c1ccc(F)cc1. The predicted octanol–water partition coefficient (Wildman–Crippen LogP) is 3.30. The predicted molar refractivity (Wildman–Crippen MR) is 103 cm³/mol. The van der Waals surface area contributed by atoms with E-state index in [4.69, 9.17) is 0 Å². The smallest absolute Gasteiger partial charge is 0.240 e. The Balaban J connectivity index is 1.63. The van der Waals surface area contributed by atoms with Gasteiger partial charge in [0.25, 0.3) is 0 Å². The van der Waals surface area contributed by atoms with E-state index in [1.54, 1.807) is 6.20 Å². The topological polar surface area (TPSA) is 79.3 Å². The molecule has 0 radical (unpaired) electrons. The van der Waals surface area contributed by atoms with Crippen molar-refractivity contribution in [2.24, 2.45) is 5.92 Å². The molecule has 0 fully saturated rings. The van der Waals surface area contributed by atoms with Crippen molar-refractivity contribution in [3.8, 4) is 0 Å². The number of unbranched alkanes of at least 4 members (excludes halogenated alkanes) is 1. The van der Waals surface area contributed by atoms with Crippen molar-refractivity contribution < 1.29 is 17.9 Å². The number of nitrogens with zero attached hydrogens (tertiary/aromatic N) is 1. The lowest BCUT2D eigenvalue weighted by Crippen LogP contribution is -2.25. The van der Waals surface area contributed by atoms with Crippen LogP contribution >= 0.6 is 0 Å². The van der Waals surface area contributed by atoms with Gasteiger partial charge in [0.15, 0.2) is 0 Å². The summed E-state index contributed by atoms with van der Waals surface area (Å²) < 4.78 is 39.6. The first-order valence-electron chi connectivity index (χ1n) is 9.26. The molecule has 0 saturated carbocycles. The number of sulfonamides is 1. The van der Waals surface area contributed by atoms with Crippen molar-refractivity contribution in [3.05, 3.63) is 60.2 Å². The summed E-state index contributed by atoms with van der Waals surface area (Å²) >= 11 is 0. The number of aromatic nitrogens is 1. The number of halogens is 1. The van der Waals surface area contributed by atoms with Gasteiger partial charge in [-0.25, -0.2) is 17.5 Å². The van der Waals surface area contributed by atoms with Crippen molar-refractivity contribution in [2.45, 2.75) is 43.4 Å². The van der Waals surface area contributed by atoms with Gasteiger partial charge in [0.2, 0.25) is 10.0 Å². The van der Waals surface area contributed by atoms with Crippen LogP contribution in [0.4, 0.5) is 4.39 Å². The number of nitrogens with one attached hydrogen (secondary N) is 1. The summed E-state index contributed by atoms with van der Waals surface area (Å²) in [5, 5.41) is 9.53. The van der Waals surface area contributed by atoms with Crippen molar-refractivity contribution in [1.29, 1.82) is 0 Å². The molecule has 0 saturated heterocycles. The molecule has 1 unspecified atom stereocenters. The largest absolute Gasteiger partial charge is 0.396 e. The number of aliphatic hydroxyl groups excluding tert-OH is 1. The Kier molecular flexibility index (Phi) is 8.84. The van der Waals surface area contributed by atoms with Crippen molar-refractivity contribution >= 4 is 10.0 Å². The van der Waals surface area contributed by atoms with Gasteiger partial charge in [0, 0.05) is 25.5 Å².